The molecule has 92 valence electrons. The number of imidazole rings is 1. The van der Waals surface area contributed by atoms with Gasteiger partial charge >= 0.3 is 5.97 Å². The predicted octanol–water partition coefficient (Wildman–Crippen LogP) is 2.82. The van der Waals surface area contributed by atoms with Crippen LogP contribution in [0.4, 0.5) is 0 Å². The van der Waals surface area contributed by atoms with Crippen LogP contribution in [0.2, 0.25) is 0 Å². The molecule has 0 atom stereocenters. The van der Waals surface area contributed by atoms with Crippen molar-refractivity contribution in [3.8, 4) is 0 Å². The summed E-state index contributed by atoms with van der Waals surface area (Å²) in [5.74, 6) is 0.377. The number of carboxylic acid groups (broad SMARTS) is 1. The summed E-state index contributed by atoms with van der Waals surface area (Å²) in [5.41, 5.74) is 1.99. The van der Waals surface area contributed by atoms with Gasteiger partial charge in [-0.1, -0.05) is 13.8 Å². The second kappa shape index (κ2) is 4.75. The zero-order valence-electron chi connectivity index (χ0n) is 9.97. The number of hydrogen-bond donors (Lipinski definition) is 1. The van der Waals surface area contributed by atoms with Gasteiger partial charge in [0.25, 0.3) is 0 Å². The SMILES string of the molecule is CC(C)c1nc2cc(C(=O)O)ccc2n1C.Cl. The standard InChI is InChI=1S/C12H14N2O2.ClH/c1-7(2)11-13-9-6-8(12(15)16)4-5-10(9)14(11)3;/h4-7H,1-3H3,(H,15,16);1H. The fourth-order valence-corrected chi connectivity index (χ4v) is 1.87. The summed E-state index contributed by atoms with van der Waals surface area (Å²) in [4.78, 5) is 15.3. The highest BCUT2D eigenvalue weighted by Gasteiger charge is 2.12. The lowest BCUT2D eigenvalue weighted by molar-refractivity contribution is 0.0697. The maximum Gasteiger partial charge on any atom is 0.335 e. The minimum absolute atomic E-state index is 0. The zero-order valence-corrected chi connectivity index (χ0v) is 10.8. The number of halogens is 1. The number of fused-ring (bicyclic) bond motifs is 1. The van der Waals surface area contributed by atoms with Gasteiger partial charge in [0, 0.05) is 13.0 Å². The molecule has 0 saturated heterocycles. The van der Waals surface area contributed by atoms with E-state index in [1.54, 1.807) is 18.2 Å². The molecule has 0 aliphatic rings. The highest BCUT2D eigenvalue weighted by molar-refractivity contribution is 5.92. The summed E-state index contributed by atoms with van der Waals surface area (Å²) in [6.07, 6.45) is 0. The molecule has 1 N–H and O–H groups in total. The van der Waals surface area contributed by atoms with Gasteiger partial charge in [0.1, 0.15) is 5.82 Å². The number of rotatable bonds is 2. The van der Waals surface area contributed by atoms with Crippen LogP contribution in [0, 0.1) is 0 Å². The van der Waals surface area contributed by atoms with Gasteiger partial charge in [0.15, 0.2) is 0 Å². The molecule has 17 heavy (non-hydrogen) atoms. The summed E-state index contributed by atoms with van der Waals surface area (Å²) in [5, 5.41) is 8.89. The Bertz CT molecular complexity index is 561. The molecule has 0 aliphatic carbocycles. The van der Waals surface area contributed by atoms with E-state index in [9.17, 15) is 4.79 Å². The van der Waals surface area contributed by atoms with Crippen LogP contribution in [-0.2, 0) is 7.05 Å². The Balaban J connectivity index is 0.00000144. The third kappa shape index (κ3) is 2.26. The van der Waals surface area contributed by atoms with Crippen molar-refractivity contribution in [2.24, 2.45) is 7.05 Å². The Morgan fingerprint density at radius 1 is 1.41 bits per heavy atom. The van der Waals surface area contributed by atoms with Crippen LogP contribution in [0.15, 0.2) is 18.2 Å². The van der Waals surface area contributed by atoms with E-state index < -0.39 is 5.97 Å². The van der Waals surface area contributed by atoms with E-state index >= 15 is 0 Å². The van der Waals surface area contributed by atoms with Crippen molar-refractivity contribution in [3.05, 3.63) is 29.6 Å². The maximum absolute atomic E-state index is 10.8. The fraction of sp³-hybridized carbons (Fsp3) is 0.333. The largest absolute Gasteiger partial charge is 0.478 e. The molecule has 1 aromatic carbocycles. The van der Waals surface area contributed by atoms with Gasteiger partial charge in [0.05, 0.1) is 16.6 Å². The number of carboxylic acids is 1. The first-order chi connectivity index (χ1) is 7.50. The lowest BCUT2D eigenvalue weighted by Crippen LogP contribution is -1.99. The molecular formula is C12H15ClN2O2. The van der Waals surface area contributed by atoms with Crippen molar-refractivity contribution in [1.29, 1.82) is 0 Å². The monoisotopic (exact) mass is 254 g/mol. The first kappa shape index (κ1) is 13.5. The van der Waals surface area contributed by atoms with E-state index in [1.165, 1.54) is 0 Å². The topological polar surface area (TPSA) is 55.1 Å². The molecule has 4 nitrogen and oxygen atoms in total. The van der Waals surface area contributed by atoms with Crippen molar-refractivity contribution in [2.75, 3.05) is 0 Å². The minimum atomic E-state index is -0.918. The average molecular weight is 255 g/mol. The van der Waals surface area contributed by atoms with Gasteiger partial charge in [-0.3, -0.25) is 0 Å². The van der Waals surface area contributed by atoms with Crippen molar-refractivity contribution >= 4 is 29.4 Å². The van der Waals surface area contributed by atoms with Gasteiger partial charge in [-0.15, -0.1) is 12.4 Å². The van der Waals surface area contributed by atoms with E-state index in [0.717, 1.165) is 16.9 Å². The van der Waals surface area contributed by atoms with E-state index in [-0.39, 0.29) is 18.0 Å². The van der Waals surface area contributed by atoms with Crippen molar-refractivity contribution in [2.45, 2.75) is 19.8 Å². The molecule has 0 bridgehead atoms. The highest BCUT2D eigenvalue weighted by Crippen LogP contribution is 2.21. The normalized spacial score (nSPS) is 10.6. The van der Waals surface area contributed by atoms with Crippen molar-refractivity contribution in [1.82, 2.24) is 9.55 Å². The number of benzene rings is 1. The molecule has 0 radical (unpaired) electrons. The first-order valence-corrected chi connectivity index (χ1v) is 5.20. The lowest BCUT2D eigenvalue weighted by Gasteiger charge is -2.04. The van der Waals surface area contributed by atoms with Crippen LogP contribution in [0.5, 0.6) is 0 Å². The molecule has 1 aromatic heterocycles. The average Bonchev–Trinajstić information content (AvgIpc) is 2.55. The van der Waals surface area contributed by atoms with E-state index in [2.05, 4.69) is 18.8 Å². The van der Waals surface area contributed by atoms with Crippen LogP contribution in [0.25, 0.3) is 11.0 Å². The van der Waals surface area contributed by atoms with Crippen molar-refractivity contribution in [3.63, 3.8) is 0 Å². The third-order valence-corrected chi connectivity index (χ3v) is 2.68. The van der Waals surface area contributed by atoms with Crippen LogP contribution >= 0.6 is 12.4 Å². The maximum atomic E-state index is 10.8. The van der Waals surface area contributed by atoms with Crippen LogP contribution in [0.1, 0.15) is 35.9 Å². The Morgan fingerprint density at radius 3 is 2.59 bits per heavy atom. The predicted molar refractivity (Wildman–Crippen MR) is 69.0 cm³/mol. The van der Waals surface area contributed by atoms with E-state index in [4.69, 9.17) is 5.11 Å². The number of aromatic carboxylic acids is 1. The van der Waals surface area contributed by atoms with Gasteiger partial charge < -0.3 is 9.67 Å². The molecule has 2 aromatic rings. The number of carbonyl (C=O) groups is 1. The highest BCUT2D eigenvalue weighted by atomic mass is 35.5. The molecule has 0 fully saturated rings. The fourth-order valence-electron chi connectivity index (χ4n) is 1.87. The summed E-state index contributed by atoms with van der Waals surface area (Å²) in [7, 11) is 1.95. The molecule has 0 saturated carbocycles. The number of hydrogen-bond acceptors (Lipinski definition) is 2. The smallest absolute Gasteiger partial charge is 0.335 e. The molecule has 0 spiro atoms. The Labute approximate surface area is 106 Å². The Morgan fingerprint density at radius 2 is 2.06 bits per heavy atom. The summed E-state index contributed by atoms with van der Waals surface area (Å²) >= 11 is 0. The van der Waals surface area contributed by atoms with E-state index in [0.29, 0.717) is 5.92 Å². The molecule has 2 rings (SSSR count). The molecular weight excluding hydrogens is 240 g/mol. The van der Waals surface area contributed by atoms with Gasteiger partial charge in [-0.05, 0) is 18.2 Å². The Hall–Kier alpha value is -1.55. The molecule has 0 aliphatic heterocycles. The third-order valence-electron chi connectivity index (χ3n) is 2.68. The van der Waals surface area contributed by atoms with Gasteiger partial charge in [-0.2, -0.15) is 0 Å². The molecule has 0 amide bonds. The van der Waals surface area contributed by atoms with Crippen LogP contribution in [0.3, 0.4) is 0 Å². The summed E-state index contributed by atoms with van der Waals surface area (Å²) in [6.45, 7) is 4.14. The second-order valence-corrected chi connectivity index (χ2v) is 4.19. The van der Waals surface area contributed by atoms with Gasteiger partial charge in [-0.25, -0.2) is 9.78 Å². The first-order valence-electron chi connectivity index (χ1n) is 5.20. The van der Waals surface area contributed by atoms with Gasteiger partial charge in [0.2, 0.25) is 0 Å². The molecule has 1 heterocycles. The summed E-state index contributed by atoms with van der Waals surface area (Å²) < 4.78 is 2.01. The lowest BCUT2D eigenvalue weighted by atomic mass is 10.2. The quantitative estimate of drug-likeness (QED) is 0.897. The number of aryl methyl sites for hydroxylation is 1. The zero-order chi connectivity index (χ0) is 11.9. The van der Waals surface area contributed by atoms with Crippen LogP contribution < -0.4 is 0 Å². The number of aromatic nitrogens is 2. The van der Waals surface area contributed by atoms with E-state index in [1.807, 2.05) is 11.6 Å². The van der Waals surface area contributed by atoms with Crippen molar-refractivity contribution < 1.29 is 9.90 Å². The molecule has 5 heteroatoms. The second-order valence-electron chi connectivity index (χ2n) is 4.19. The minimum Gasteiger partial charge on any atom is -0.478 e. The number of nitrogens with zero attached hydrogens (tertiary/aromatic N) is 2. The summed E-state index contributed by atoms with van der Waals surface area (Å²) in [6, 6.07) is 5.03. The Kier molecular flexibility index (Phi) is 3.78. The molecule has 0 unspecified atom stereocenters. The van der Waals surface area contributed by atoms with Crippen LogP contribution in [-0.4, -0.2) is 20.6 Å².